The lowest BCUT2D eigenvalue weighted by Gasteiger charge is -2.33. The van der Waals surface area contributed by atoms with Crippen molar-refractivity contribution in [1.29, 1.82) is 0 Å². The van der Waals surface area contributed by atoms with E-state index in [1.165, 1.54) is 4.90 Å². The van der Waals surface area contributed by atoms with Gasteiger partial charge in [0.25, 0.3) is 0 Å². The van der Waals surface area contributed by atoms with Crippen LogP contribution in [0.1, 0.15) is 11.3 Å². The Kier molecular flexibility index (Phi) is 6.65. The molecule has 0 spiro atoms. The SMILES string of the molecule is Cc1cccnc1CNc1cc2c(=O)c3cc(-c4ccc(N5CCN(C(=O)O)CC5)nc4)cnc3ccc2cn1. The second kappa shape index (κ2) is 10.6. The molecule has 0 bridgehead atoms. The van der Waals surface area contributed by atoms with E-state index in [1.54, 1.807) is 30.9 Å². The Labute approximate surface area is 230 Å². The summed E-state index contributed by atoms with van der Waals surface area (Å²) in [4.78, 5) is 46.5. The van der Waals surface area contributed by atoms with Gasteiger partial charge in [-0.2, -0.15) is 0 Å². The van der Waals surface area contributed by atoms with Gasteiger partial charge in [0.2, 0.25) is 0 Å². The number of aryl methyl sites for hydroxylation is 1. The molecule has 200 valence electrons. The number of fused-ring (bicyclic) bond motifs is 2. The smallest absolute Gasteiger partial charge is 0.407 e. The maximum atomic E-state index is 13.7. The first-order valence-electron chi connectivity index (χ1n) is 13.0. The predicted molar refractivity (Wildman–Crippen MR) is 155 cm³/mol. The molecule has 4 aromatic heterocycles. The van der Waals surface area contributed by atoms with Gasteiger partial charge in [0.15, 0.2) is 5.43 Å². The molecule has 5 aromatic rings. The highest BCUT2D eigenvalue weighted by atomic mass is 16.4. The fourth-order valence-electron chi connectivity index (χ4n) is 4.90. The standard InChI is InChI=1S/C30H27N7O3/c1-19-3-2-8-31-26(19)18-34-27-14-23-21(16-33-27)4-6-25-24(29(23)38)13-22(17-32-25)20-5-7-28(35-15-20)36-9-11-37(12-10-36)30(39)40/h2-8,13-17H,9-12,18H2,1H3,(H,33,34)(H,39,40). The van der Waals surface area contributed by atoms with E-state index in [9.17, 15) is 14.7 Å². The normalized spacial score (nSPS) is 13.5. The Morgan fingerprint density at radius 3 is 2.48 bits per heavy atom. The molecule has 1 aromatic carbocycles. The molecule has 1 saturated heterocycles. The third-order valence-corrected chi connectivity index (χ3v) is 7.27. The number of piperazine rings is 1. The van der Waals surface area contributed by atoms with Gasteiger partial charge in [0.05, 0.1) is 17.8 Å². The number of anilines is 2. The Morgan fingerprint density at radius 1 is 0.900 bits per heavy atom. The van der Waals surface area contributed by atoms with Crippen LogP contribution in [-0.4, -0.2) is 62.2 Å². The van der Waals surface area contributed by atoms with Crippen LogP contribution >= 0.6 is 0 Å². The summed E-state index contributed by atoms with van der Waals surface area (Å²) in [6.07, 6.45) is 6.07. The van der Waals surface area contributed by atoms with Crippen LogP contribution in [-0.2, 0) is 6.54 Å². The summed E-state index contributed by atoms with van der Waals surface area (Å²) >= 11 is 0. The number of pyridine rings is 4. The van der Waals surface area contributed by atoms with Crippen molar-refractivity contribution in [2.75, 3.05) is 36.4 Å². The minimum absolute atomic E-state index is 0.121. The molecule has 0 radical (unpaired) electrons. The van der Waals surface area contributed by atoms with Gasteiger partial charge in [-0.05, 0) is 48.9 Å². The molecule has 0 atom stereocenters. The van der Waals surface area contributed by atoms with Crippen LogP contribution in [0.5, 0.6) is 0 Å². The minimum Gasteiger partial charge on any atom is -0.465 e. The zero-order chi connectivity index (χ0) is 27.6. The van der Waals surface area contributed by atoms with Gasteiger partial charge in [0.1, 0.15) is 11.6 Å². The van der Waals surface area contributed by atoms with E-state index in [2.05, 4.69) is 30.2 Å². The number of carbonyl (C=O) groups is 1. The fourth-order valence-corrected chi connectivity index (χ4v) is 4.90. The van der Waals surface area contributed by atoms with Crippen molar-refractivity contribution in [3.8, 4) is 11.1 Å². The van der Waals surface area contributed by atoms with Gasteiger partial charge < -0.3 is 20.2 Å². The topological polar surface area (TPSA) is 124 Å². The molecule has 5 heterocycles. The predicted octanol–water partition coefficient (Wildman–Crippen LogP) is 4.32. The first-order valence-corrected chi connectivity index (χ1v) is 13.0. The van der Waals surface area contributed by atoms with Gasteiger partial charge in [-0.25, -0.2) is 14.8 Å². The monoisotopic (exact) mass is 533 g/mol. The highest BCUT2D eigenvalue weighted by Gasteiger charge is 2.21. The lowest BCUT2D eigenvalue weighted by Crippen LogP contribution is -2.48. The molecular formula is C30H27N7O3. The molecule has 6 rings (SSSR count). The van der Waals surface area contributed by atoms with E-state index in [0.717, 1.165) is 33.6 Å². The van der Waals surface area contributed by atoms with Crippen LogP contribution in [0, 0.1) is 6.92 Å². The summed E-state index contributed by atoms with van der Waals surface area (Å²) in [5, 5.41) is 14.3. The average Bonchev–Trinajstić information content (AvgIpc) is 3.12. The molecule has 0 unspecified atom stereocenters. The molecule has 0 saturated carbocycles. The molecule has 1 aliphatic heterocycles. The van der Waals surface area contributed by atoms with E-state index in [0.29, 0.717) is 54.8 Å². The summed E-state index contributed by atoms with van der Waals surface area (Å²) in [5.41, 5.74) is 4.12. The van der Waals surface area contributed by atoms with Gasteiger partial charge >= 0.3 is 6.09 Å². The molecule has 2 N–H and O–H groups in total. The highest BCUT2D eigenvalue weighted by molar-refractivity contribution is 5.93. The molecular weight excluding hydrogens is 506 g/mol. The molecule has 10 nitrogen and oxygen atoms in total. The molecule has 1 aliphatic rings. The summed E-state index contributed by atoms with van der Waals surface area (Å²) in [5.74, 6) is 1.39. The van der Waals surface area contributed by atoms with Crippen molar-refractivity contribution >= 4 is 39.4 Å². The summed E-state index contributed by atoms with van der Waals surface area (Å²) in [6.45, 7) is 4.58. The maximum Gasteiger partial charge on any atom is 0.407 e. The first kappa shape index (κ1) is 25.2. The summed E-state index contributed by atoms with van der Waals surface area (Å²) in [6, 6.07) is 15.1. The summed E-state index contributed by atoms with van der Waals surface area (Å²) < 4.78 is 0. The number of nitrogens with zero attached hydrogens (tertiary/aromatic N) is 6. The molecule has 40 heavy (non-hydrogen) atoms. The van der Waals surface area contributed by atoms with Crippen molar-refractivity contribution in [2.45, 2.75) is 13.5 Å². The molecule has 0 aliphatic carbocycles. The number of hydrogen-bond donors (Lipinski definition) is 2. The van der Waals surface area contributed by atoms with Crippen LogP contribution < -0.4 is 15.6 Å². The number of carboxylic acid groups (broad SMARTS) is 1. The lowest BCUT2D eigenvalue weighted by atomic mass is 10.1. The number of aromatic nitrogens is 4. The van der Waals surface area contributed by atoms with Crippen LogP contribution in [0.15, 0.2) is 78.1 Å². The third kappa shape index (κ3) is 4.98. The average molecular weight is 534 g/mol. The number of rotatable bonds is 5. The van der Waals surface area contributed by atoms with Crippen molar-refractivity contribution in [3.63, 3.8) is 0 Å². The number of nitrogens with one attached hydrogen (secondary N) is 1. The van der Waals surface area contributed by atoms with E-state index in [4.69, 9.17) is 0 Å². The second-order valence-corrected chi connectivity index (χ2v) is 9.76. The quantitative estimate of drug-likeness (QED) is 0.340. The lowest BCUT2D eigenvalue weighted by molar-refractivity contribution is 0.142. The number of amides is 1. The largest absolute Gasteiger partial charge is 0.465 e. The fraction of sp³-hybridized carbons (Fsp3) is 0.200. The Balaban J connectivity index is 1.29. The molecule has 10 heteroatoms. The van der Waals surface area contributed by atoms with Gasteiger partial charge in [-0.3, -0.25) is 14.8 Å². The first-order chi connectivity index (χ1) is 19.5. The second-order valence-electron chi connectivity index (χ2n) is 9.76. The van der Waals surface area contributed by atoms with Crippen molar-refractivity contribution in [2.24, 2.45) is 0 Å². The van der Waals surface area contributed by atoms with Gasteiger partial charge in [-0.15, -0.1) is 0 Å². The van der Waals surface area contributed by atoms with Crippen LogP contribution in [0.4, 0.5) is 16.4 Å². The van der Waals surface area contributed by atoms with E-state index in [1.807, 2.05) is 49.4 Å². The zero-order valence-electron chi connectivity index (χ0n) is 21.9. The third-order valence-electron chi connectivity index (χ3n) is 7.27. The van der Waals surface area contributed by atoms with Crippen molar-refractivity contribution < 1.29 is 9.90 Å². The summed E-state index contributed by atoms with van der Waals surface area (Å²) in [7, 11) is 0. The molecule has 1 fully saturated rings. The van der Waals surface area contributed by atoms with Crippen molar-refractivity contribution in [1.82, 2.24) is 24.8 Å². The van der Waals surface area contributed by atoms with Crippen molar-refractivity contribution in [3.05, 3.63) is 94.8 Å². The zero-order valence-corrected chi connectivity index (χ0v) is 21.9. The van der Waals surface area contributed by atoms with E-state index in [-0.39, 0.29) is 5.43 Å². The minimum atomic E-state index is -0.894. The number of hydrogen-bond acceptors (Lipinski definition) is 8. The Morgan fingerprint density at radius 2 is 1.73 bits per heavy atom. The van der Waals surface area contributed by atoms with Crippen LogP contribution in [0.25, 0.3) is 32.8 Å². The van der Waals surface area contributed by atoms with E-state index < -0.39 is 6.09 Å². The Bertz CT molecular complexity index is 1790. The maximum absolute atomic E-state index is 13.7. The van der Waals surface area contributed by atoms with Gasteiger partial charge in [0, 0.05) is 78.3 Å². The molecule has 1 amide bonds. The van der Waals surface area contributed by atoms with Gasteiger partial charge in [-0.1, -0.05) is 12.1 Å². The van der Waals surface area contributed by atoms with Crippen LogP contribution in [0.2, 0.25) is 0 Å². The van der Waals surface area contributed by atoms with Crippen LogP contribution in [0.3, 0.4) is 0 Å². The highest BCUT2D eigenvalue weighted by Crippen LogP contribution is 2.24. The Hall–Kier alpha value is -5.12. The van der Waals surface area contributed by atoms with E-state index >= 15 is 0 Å².